The van der Waals surface area contributed by atoms with Crippen LogP contribution < -0.4 is 24.4 Å². The van der Waals surface area contributed by atoms with Crippen LogP contribution in [0.25, 0.3) is 6.08 Å². The number of esters is 1. The Balaban J connectivity index is 1.84. The standard InChI is InChI=1S/C27H26N2O5S/c1-5-15-34-21-11-7-18(8-12-21)16-22-25(30)29-24(19-9-13-20(32-4)14-10-19)23(26(31)33-6-2)17(3)28-27(29)35-22/h5,7-14,16,24H,1,6,15H2,2-4H3/b22-16+/t24-/m1/s1. The van der Waals surface area contributed by atoms with Gasteiger partial charge in [-0.25, -0.2) is 9.79 Å². The van der Waals surface area contributed by atoms with Crippen LogP contribution in [0, 0.1) is 0 Å². The van der Waals surface area contributed by atoms with Crippen molar-refractivity contribution in [2.75, 3.05) is 20.3 Å². The molecule has 1 atom stereocenters. The predicted octanol–water partition coefficient (Wildman–Crippen LogP) is 3.37. The lowest BCUT2D eigenvalue weighted by Crippen LogP contribution is -2.39. The second kappa shape index (κ2) is 10.6. The van der Waals surface area contributed by atoms with Gasteiger partial charge in [0.15, 0.2) is 4.80 Å². The van der Waals surface area contributed by atoms with Gasteiger partial charge in [-0.2, -0.15) is 0 Å². The first-order chi connectivity index (χ1) is 17.0. The number of methoxy groups -OCH3 is 1. The van der Waals surface area contributed by atoms with Gasteiger partial charge in [-0.1, -0.05) is 48.3 Å². The number of carbonyl (C=O) groups excluding carboxylic acids is 1. The maximum atomic E-state index is 13.6. The molecular formula is C27H26N2O5S. The number of allylic oxidation sites excluding steroid dienone is 1. The molecular weight excluding hydrogens is 464 g/mol. The second-order valence-electron chi connectivity index (χ2n) is 7.74. The molecule has 0 saturated carbocycles. The topological polar surface area (TPSA) is 79.1 Å². The number of rotatable bonds is 8. The van der Waals surface area contributed by atoms with Gasteiger partial charge in [0.2, 0.25) is 0 Å². The molecule has 1 aliphatic rings. The monoisotopic (exact) mass is 490 g/mol. The van der Waals surface area contributed by atoms with E-state index in [-0.39, 0.29) is 12.2 Å². The van der Waals surface area contributed by atoms with Crippen molar-refractivity contribution in [2.24, 2.45) is 4.99 Å². The van der Waals surface area contributed by atoms with Gasteiger partial charge in [0, 0.05) is 0 Å². The molecule has 180 valence electrons. The zero-order valence-electron chi connectivity index (χ0n) is 19.8. The summed E-state index contributed by atoms with van der Waals surface area (Å²) < 4.78 is 18.2. The number of fused-ring (bicyclic) bond motifs is 1. The van der Waals surface area contributed by atoms with Gasteiger partial charge >= 0.3 is 5.97 Å². The lowest BCUT2D eigenvalue weighted by atomic mass is 9.96. The lowest BCUT2D eigenvalue weighted by Gasteiger charge is -2.24. The average Bonchev–Trinajstić information content (AvgIpc) is 3.17. The van der Waals surface area contributed by atoms with Gasteiger partial charge in [-0.05, 0) is 55.3 Å². The molecule has 0 unspecified atom stereocenters. The van der Waals surface area contributed by atoms with E-state index in [2.05, 4.69) is 11.6 Å². The molecule has 8 heteroatoms. The lowest BCUT2D eigenvalue weighted by molar-refractivity contribution is -0.139. The Morgan fingerprint density at radius 2 is 1.83 bits per heavy atom. The van der Waals surface area contributed by atoms with E-state index in [1.807, 2.05) is 42.5 Å². The summed E-state index contributed by atoms with van der Waals surface area (Å²) in [5.74, 6) is 0.914. The molecule has 0 aliphatic carbocycles. The zero-order chi connectivity index (χ0) is 24.9. The van der Waals surface area contributed by atoms with Gasteiger partial charge in [-0.15, -0.1) is 0 Å². The maximum absolute atomic E-state index is 13.6. The van der Waals surface area contributed by atoms with Crippen molar-refractivity contribution < 1.29 is 19.0 Å². The molecule has 35 heavy (non-hydrogen) atoms. The summed E-state index contributed by atoms with van der Waals surface area (Å²) in [6.07, 6.45) is 3.50. The number of thiazole rings is 1. The maximum Gasteiger partial charge on any atom is 0.338 e. The Morgan fingerprint density at radius 1 is 1.14 bits per heavy atom. The molecule has 7 nitrogen and oxygen atoms in total. The summed E-state index contributed by atoms with van der Waals surface area (Å²) >= 11 is 1.28. The van der Waals surface area contributed by atoms with Crippen molar-refractivity contribution in [3.05, 3.63) is 103 Å². The molecule has 0 spiro atoms. The Labute approximate surface area is 206 Å². The van der Waals surface area contributed by atoms with Gasteiger partial charge in [-0.3, -0.25) is 9.36 Å². The zero-order valence-corrected chi connectivity index (χ0v) is 20.6. The third-order valence-electron chi connectivity index (χ3n) is 5.49. The number of hydrogen-bond donors (Lipinski definition) is 0. The molecule has 0 bridgehead atoms. The molecule has 1 aliphatic heterocycles. The molecule has 0 amide bonds. The molecule has 0 radical (unpaired) electrons. The van der Waals surface area contributed by atoms with Crippen molar-refractivity contribution in [3.8, 4) is 11.5 Å². The van der Waals surface area contributed by atoms with Crippen molar-refractivity contribution in [1.82, 2.24) is 4.57 Å². The third-order valence-corrected chi connectivity index (χ3v) is 6.48. The van der Waals surface area contributed by atoms with E-state index in [4.69, 9.17) is 14.2 Å². The van der Waals surface area contributed by atoms with Gasteiger partial charge in [0.1, 0.15) is 18.1 Å². The van der Waals surface area contributed by atoms with Crippen LogP contribution in [-0.2, 0) is 9.53 Å². The predicted molar refractivity (Wildman–Crippen MR) is 136 cm³/mol. The van der Waals surface area contributed by atoms with Gasteiger partial charge in [0.25, 0.3) is 5.56 Å². The minimum atomic E-state index is -0.659. The van der Waals surface area contributed by atoms with Gasteiger partial charge < -0.3 is 14.2 Å². The summed E-state index contributed by atoms with van der Waals surface area (Å²) in [5, 5.41) is 0. The van der Waals surface area contributed by atoms with E-state index in [0.29, 0.717) is 33.0 Å². The fourth-order valence-electron chi connectivity index (χ4n) is 3.86. The average molecular weight is 491 g/mol. The van der Waals surface area contributed by atoms with E-state index in [1.54, 1.807) is 43.7 Å². The van der Waals surface area contributed by atoms with Crippen LogP contribution in [0.2, 0.25) is 0 Å². The fourth-order valence-corrected chi connectivity index (χ4v) is 4.91. The molecule has 3 aromatic rings. The van der Waals surface area contributed by atoms with E-state index in [9.17, 15) is 9.59 Å². The normalized spacial score (nSPS) is 15.3. The number of aromatic nitrogens is 1. The molecule has 0 N–H and O–H groups in total. The first-order valence-corrected chi connectivity index (χ1v) is 12.0. The highest BCUT2D eigenvalue weighted by Gasteiger charge is 2.33. The van der Waals surface area contributed by atoms with Crippen LogP contribution in [0.1, 0.15) is 31.0 Å². The Hall–Kier alpha value is -3.91. The number of hydrogen-bond acceptors (Lipinski definition) is 7. The van der Waals surface area contributed by atoms with E-state index >= 15 is 0 Å². The smallest absolute Gasteiger partial charge is 0.338 e. The Bertz CT molecular complexity index is 1450. The minimum absolute atomic E-state index is 0.224. The van der Waals surface area contributed by atoms with Crippen molar-refractivity contribution in [2.45, 2.75) is 19.9 Å². The highest BCUT2D eigenvalue weighted by atomic mass is 32.1. The molecule has 2 heterocycles. The number of benzene rings is 2. The highest BCUT2D eigenvalue weighted by Crippen LogP contribution is 2.31. The fraction of sp³-hybridized carbons (Fsp3) is 0.222. The third kappa shape index (κ3) is 4.97. The Morgan fingerprint density at radius 3 is 2.46 bits per heavy atom. The molecule has 0 fully saturated rings. The summed E-state index contributed by atoms with van der Waals surface area (Å²) in [4.78, 5) is 31.7. The SMILES string of the molecule is C=CCOc1ccc(/C=c2/sc3n(c2=O)[C@H](c2ccc(OC)cc2)C(C(=O)OCC)=C(C)N=3)cc1. The summed E-state index contributed by atoms with van der Waals surface area (Å²) in [6.45, 7) is 7.81. The first kappa shape index (κ1) is 24.2. The van der Waals surface area contributed by atoms with Crippen LogP contribution in [0.4, 0.5) is 0 Å². The Kier molecular flexibility index (Phi) is 7.31. The van der Waals surface area contributed by atoms with Crippen LogP contribution in [-0.4, -0.2) is 30.9 Å². The van der Waals surface area contributed by atoms with E-state index in [0.717, 1.165) is 16.9 Å². The van der Waals surface area contributed by atoms with Crippen LogP contribution in [0.5, 0.6) is 11.5 Å². The van der Waals surface area contributed by atoms with Gasteiger partial charge in [0.05, 0.1) is 35.6 Å². The highest BCUT2D eigenvalue weighted by molar-refractivity contribution is 7.07. The van der Waals surface area contributed by atoms with E-state index in [1.165, 1.54) is 11.3 Å². The number of carbonyl (C=O) groups is 1. The molecule has 0 saturated heterocycles. The minimum Gasteiger partial charge on any atom is -0.497 e. The molecule has 4 rings (SSSR count). The van der Waals surface area contributed by atoms with Crippen LogP contribution in [0.3, 0.4) is 0 Å². The summed E-state index contributed by atoms with van der Waals surface area (Å²) in [6, 6.07) is 14.1. The largest absolute Gasteiger partial charge is 0.497 e. The van der Waals surface area contributed by atoms with Crippen LogP contribution >= 0.6 is 11.3 Å². The van der Waals surface area contributed by atoms with Crippen molar-refractivity contribution in [3.63, 3.8) is 0 Å². The van der Waals surface area contributed by atoms with E-state index < -0.39 is 12.0 Å². The molecule has 1 aromatic heterocycles. The van der Waals surface area contributed by atoms with Crippen molar-refractivity contribution >= 4 is 23.4 Å². The summed E-state index contributed by atoms with van der Waals surface area (Å²) in [7, 11) is 1.59. The first-order valence-electron chi connectivity index (χ1n) is 11.1. The molecule has 2 aromatic carbocycles. The second-order valence-corrected chi connectivity index (χ2v) is 8.75. The van der Waals surface area contributed by atoms with Crippen LogP contribution in [0.15, 0.2) is 82.2 Å². The summed E-state index contributed by atoms with van der Waals surface area (Å²) in [5.41, 5.74) is 2.26. The quantitative estimate of drug-likeness (QED) is 0.357. The number of nitrogens with zero attached hydrogens (tertiary/aromatic N) is 2. The number of ether oxygens (including phenoxy) is 3. The van der Waals surface area contributed by atoms with Crippen molar-refractivity contribution in [1.29, 1.82) is 0 Å².